The SMILES string of the molecule is CCCC[C@@H](N)c1ccc(CO)o1.Cl. The van der Waals surface area contributed by atoms with E-state index in [0.29, 0.717) is 5.76 Å². The fourth-order valence-corrected chi connectivity index (χ4v) is 1.25. The lowest BCUT2D eigenvalue weighted by atomic mass is 10.1. The van der Waals surface area contributed by atoms with E-state index in [1.807, 2.05) is 6.07 Å². The molecule has 0 saturated carbocycles. The van der Waals surface area contributed by atoms with Gasteiger partial charge in [0.05, 0.1) is 6.04 Å². The maximum atomic E-state index is 8.77. The van der Waals surface area contributed by atoms with Crippen molar-refractivity contribution < 1.29 is 9.52 Å². The first-order valence-corrected chi connectivity index (χ1v) is 4.73. The Morgan fingerprint density at radius 3 is 2.71 bits per heavy atom. The van der Waals surface area contributed by atoms with Crippen LogP contribution < -0.4 is 5.73 Å². The largest absolute Gasteiger partial charge is 0.462 e. The molecule has 1 heterocycles. The van der Waals surface area contributed by atoms with E-state index in [4.69, 9.17) is 15.3 Å². The zero-order valence-corrected chi connectivity index (χ0v) is 9.22. The van der Waals surface area contributed by atoms with Gasteiger partial charge in [0.1, 0.15) is 18.1 Å². The lowest BCUT2D eigenvalue weighted by molar-refractivity contribution is 0.241. The molecule has 14 heavy (non-hydrogen) atoms. The molecule has 1 aromatic rings. The molecule has 0 bridgehead atoms. The second-order valence-corrected chi connectivity index (χ2v) is 3.21. The maximum Gasteiger partial charge on any atom is 0.129 e. The quantitative estimate of drug-likeness (QED) is 0.800. The average molecular weight is 220 g/mol. The van der Waals surface area contributed by atoms with Crippen LogP contribution in [0.5, 0.6) is 0 Å². The van der Waals surface area contributed by atoms with Gasteiger partial charge >= 0.3 is 0 Å². The number of hydrogen-bond donors (Lipinski definition) is 2. The number of unbranched alkanes of at least 4 members (excludes halogenated alkanes) is 1. The lowest BCUT2D eigenvalue weighted by Gasteiger charge is -2.06. The third kappa shape index (κ3) is 3.70. The molecule has 1 rings (SSSR count). The van der Waals surface area contributed by atoms with Crippen molar-refractivity contribution in [3.05, 3.63) is 23.7 Å². The van der Waals surface area contributed by atoms with Crippen molar-refractivity contribution in [3.8, 4) is 0 Å². The Bertz CT molecular complexity index is 250. The second kappa shape index (κ2) is 6.87. The van der Waals surface area contributed by atoms with Crippen LogP contribution in [0.25, 0.3) is 0 Å². The smallest absolute Gasteiger partial charge is 0.129 e. The van der Waals surface area contributed by atoms with Crippen LogP contribution in [0.1, 0.15) is 43.7 Å². The molecule has 4 heteroatoms. The molecule has 0 aliphatic carbocycles. The molecule has 0 radical (unpaired) electrons. The molecule has 0 spiro atoms. The Labute approximate surface area is 90.7 Å². The van der Waals surface area contributed by atoms with Crippen LogP contribution in [-0.4, -0.2) is 5.11 Å². The molecule has 0 unspecified atom stereocenters. The fraction of sp³-hybridized carbons (Fsp3) is 0.600. The van der Waals surface area contributed by atoms with Crippen molar-refractivity contribution >= 4 is 12.4 Å². The molecule has 0 aliphatic heterocycles. The first kappa shape index (κ1) is 13.5. The predicted octanol–water partition coefficient (Wildman–Crippen LogP) is 2.38. The van der Waals surface area contributed by atoms with E-state index in [2.05, 4.69) is 6.92 Å². The number of furan rings is 1. The molecule has 1 aromatic heterocycles. The maximum absolute atomic E-state index is 8.77. The molecule has 0 saturated heterocycles. The summed E-state index contributed by atoms with van der Waals surface area (Å²) in [5, 5.41) is 8.77. The van der Waals surface area contributed by atoms with Crippen molar-refractivity contribution in [2.75, 3.05) is 0 Å². The second-order valence-electron chi connectivity index (χ2n) is 3.21. The molecule has 0 aliphatic rings. The van der Waals surface area contributed by atoms with Crippen molar-refractivity contribution in [2.24, 2.45) is 5.73 Å². The molecular weight excluding hydrogens is 202 g/mol. The van der Waals surface area contributed by atoms with Crippen LogP contribution in [-0.2, 0) is 6.61 Å². The summed E-state index contributed by atoms with van der Waals surface area (Å²) in [6.45, 7) is 2.08. The van der Waals surface area contributed by atoms with Gasteiger partial charge in [0.25, 0.3) is 0 Å². The van der Waals surface area contributed by atoms with Crippen LogP contribution in [0.15, 0.2) is 16.5 Å². The van der Waals surface area contributed by atoms with Gasteiger partial charge in [0, 0.05) is 0 Å². The van der Waals surface area contributed by atoms with E-state index < -0.39 is 0 Å². The van der Waals surface area contributed by atoms with Gasteiger partial charge in [0.15, 0.2) is 0 Å². The lowest BCUT2D eigenvalue weighted by Crippen LogP contribution is -2.08. The van der Waals surface area contributed by atoms with Gasteiger partial charge in [-0.25, -0.2) is 0 Å². The number of aliphatic hydroxyl groups excluding tert-OH is 1. The topological polar surface area (TPSA) is 59.4 Å². The molecule has 0 amide bonds. The Morgan fingerprint density at radius 2 is 2.21 bits per heavy atom. The van der Waals surface area contributed by atoms with E-state index in [-0.39, 0.29) is 25.1 Å². The van der Waals surface area contributed by atoms with E-state index >= 15 is 0 Å². The van der Waals surface area contributed by atoms with Crippen molar-refractivity contribution in [1.29, 1.82) is 0 Å². The fourth-order valence-electron chi connectivity index (χ4n) is 1.25. The summed E-state index contributed by atoms with van der Waals surface area (Å²) < 4.78 is 5.32. The van der Waals surface area contributed by atoms with Gasteiger partial charge in [-0.3, -0.25) is 0 Å². The highest BCUT2D eigenvalue weighted by Crippen LogP contribution is 2.19. The third-order valence-electron chi connectivity index (χ3n) is 2.07. The van der Waals surface area contributed by atoms with E-state index in [0.717, 1.165) is 25.0 Å². The molecular formula is C10H18ClNO2. The average Bonchev–Trinajstić information content (AvgIpc) is 2.62. The van der Waals surface area contributed by atoms with E-state index in [1.54, 1.807) is 6.07 Å². The minimum absolute atomic E-state index is 0. The van der Waals surface area contributed by atoms with Crippen molar-refractivity contribution in [3.63, 3.8) is 0 Å². The van der Waals surface area contributed by atoms with Crippen molar-refractivity contribution in [1.82, 2.24) is 0 Å². The predicted molar refractivity (Wildman–Crippen MR) is 58.3 cm³/mol. The summed E-state index contributed by atoms with van der Waals surface area (Å²) in [6.07, 6.45) is 3.19. The van der Waals surface area contributed by atoms with Gasteiger partial charge in [-0.1, -0.05) is 19.8 Å². The zero-order chi connectivity index (χ0) is 9.68. The molecule has 0 aromatic carbocycles. The monoisotopic (exact) mass is 219 g/mol. The molecule has 82 valence electrons. The van der Waals surface area contributed by atoms with Crippen molar-refractivity contribution in [2.45, 2.75) is 38.8 Å². The third-order valence-corrected chi connectivity index (χ3v) is 2.07. The van der Waals surface area contributed by atoms with Gasteiger partial charge < -0.3 is 15.3 Å². The van der Waals surface area contributed by atoms with Crippen LogP contribution in [0, 0.1) is 0 Å². The number of nitrogens with two attached hydrogens (primary N) is 1. The molecule has 3 N–H and O–H groups in total. The van der Waals surface area contributed by atoms with E-state index in [1.165, 1.54) is 0 Å². The molecule has 3 nitrogen and oxygen atoms in total. The Morgan fingerprint density at radius 1 is 1.50 bits per heavy atom. The van der Waals surface area contributed by atoms with Crippen LogP contribution in [0.3, 0.4) is 0 Å². The molecule has 1 atom stereocenters. The van der Waals surface area contributed by atoms with Crippen LogP contribution in [0.4, 0.5) is 0 Å². The van der Waals surface area contributed by atoms with Crippen LogP contribution >= 0.6 is 12.4 Å². The van der Waals surface area contributed by atoms with Gasteiger partial charge in [0.2, 0.25) is 0 Å². The summed E-state index contributed by atoms with van der Waals surface area (Å²) in [7, 11) is 0. The first-order chi connectivity index (χ1) is 6.27. The van der Waals surface area contributed by atoms with Gasteiger partial charge in [-0.2, -0.15) is 0 Å². The summed E-state index contributed by atoms with van der Waals surface area (Å²) in [5.41, 5.74) is 5.87. The first-order valence-electron chi connectivity index (χ1n) is 4.73. The summed E-state index contributed by atoms with van der Waals surface area (Å²) in [4.78, 5) is 0. The highest BCUT2D eigenvalue weighted by Gasteiger charge is 2.09. The van der Waals surface area contributed by atoms with Crippen LogP contribution in [0.2, 0.25) is 0 Å². The highest BCUT2D eigenvalue weighted by atomic mass is 35.5. The Kier molecular flexibility index (Phi) is 6.62. The Hall–Kier alpha value is -0.510. The van der Waals surface area contributed by atoms with E-state index in [9.17, 15) is 0 Å². The Balaban J connectivity index is 0.00000169. The summed E-state index contributed by atoms with van der Waals surface area (Å²) >= 11 is 0. The summed E-state index contributed by atoms with van der Waals surface area (Å²) in [5.74, 6) is 1.36. The standard InChI is InChI=1S/C10H17NO2.ClH/c1-2-3-4-9(11)10-6-5-8(7-12)13-10;/h5-6,9,12H,2-4,7,11H2,1H3;1H/t9-;/m1./s1. The number of hydrogen-bond acceptors (Lipinski definition) is 3. The van der Waals surface area contributed by atoms with Gasteiger partial charge in [-0.15, -0.1) is 12.4 Å². The zero-order valence-electron chi connectivity index (χ0n) is 8.40. The summed E-state index contributed by atoms with van der Waals surface area (Å²) in [6, 6.07) is 3.58. The number of halogens is 1. The normalized spacial score (nSPS) is 12.2. The molecule has 0 fully saturated rings. The number of rotatable bonds is 5. The van der Waals surface area contributed by atoms with Gasteiger partial charge in [-0.05, 0) is 18.6 Å². The number of aliphatic hydroxyl groups is 1. The minimum Gasteiger partial charge on any atom is -0.462 e. The highest BCUT2D eigenvalue weighted by molar-refractivity contribution is 5.85. The minimum atomic E-state index is -0.0551.